The lowest BCUT2D eigenvalue weighted by molar-refractivity contribution is 0.0957. The number of hydrogen-bond donors (Lipinski definition) is 2. The van der Waals surface area contributed by atoms with Gasteiger partial charge in [0.2, 0.25) is 0 Å². The van der Waals surface area contributed by atoms with Gasteiger partial charge in [0, 0.05) is 11.4 Å². The van der Waals surface area contributed by atoms with Crippen LogP contribution in [0.5, 0.6) is 11.5 Å². The van der Waals surface area contributed by atoms with E-state index in [4.69, 9.17) is 15.2 Å². The van der Waals surface area contributed by atoms with Crippen molar-refractivity contribution >= 4 is 23.1 Å². The van der Waals surface area contributed by atoms with Crippen molar-refractivity contribution in [2.45, 2.75) is 12.8 Å². The fraction of sp³-hybridized carbons (Fsp3) is 0.192. The van der Waals surface area contributed by atoms with Crippen LogP contribution in [0, 0.1) is 11.3 Å². The van der Waals surface area contributed by atoms with Gasteiger partial charge in [0.05, 0.1) is 16.3 Å². The minimum Gasteiger partial charge on any atom is -0.486 e. The third-order valence-corrected chi connectivity index (χ3v) is 6.77. The first kappa shape index (κ1) is 22.5. The number of anilines is 1. The Balaban J connectivity index is 1.19. The van der Waals surface area contributed by atoms with E-state index in [0.29, 0.717) is 54.6 Å². The monoisotopic (exact) mass is 485 g/mol. The molecule has 2 aromatic carbocycles. The number of para-hydroxylation sites is 1. The predicted octanol–water partition coefficient (Wildman–Crippen LogP) is 4.19. The van der Waals surface area contributed by atoms with Crippen molar-refractivity contribution in [2.24, 2.45) is 0 Å². The SMILES string of the molecule is N#Cc1c(CCCNC(=O)c2ccc(-c3ccc4c(c3)OCCO4)s2)nn(-c2ccccc2)c1N. The smallest absolute Gasteiger partial charge is 0.261 e. The summed E-state index contributed by atoms with van der Waals surface area (Å²) in [6.45, 7) is 1.54. The van der Waals surface area contributed by atoms with Crippen molar-refractivity contribution in [1.82, 2.24) is 15.1 Å². The number of benzene rings is 2. The van der Waals surface area contributed by atoms with E-state index in [1.807, 2.05) is 60.7 Å². The highest BCUT2D eigenvalue weighted by atomic mass is 32.1. The van der Waals surface area contributed by atoms with Gasteiger partial charge in [-0.25, -0.2) is 4.68 Å². The zero-order chi connectivity index (χ0) is 24.2. The van der Waals surface area contributed by atoms with Crippen molar-refractivity contribution in [1.29, 1.82) is 5.26 Å². The number of carbonyl (C=O) groups is 1. The second-order valence-electron chi connectivity index (χ2n) is 7.95. The molecule has 1 amide bonds. The number of thiophene rings is 1. The summed E-state index contributed by atoms with van der Waals surface area (Å²) in [6.07, 6.45) is 1.16. The first-order valence-electron chi connectivity index (χ1n) is 11.2. The Bertz CT molecular complexity index is 1400. The van der Waals surface area contributed by atoms with Crippen LogP contribution in [-0.2, 0) is 6.42 Å². The van der Waals surface area contributed by atoms with Crippen molar-refractivity contribution in [3.63, 3.8) is 0 Å². The largest absolute Gasteiger partial charge is 0.486 e. The summed E-state index contributed by atoms with van der Waals surface area (Å²) in [7, 11) is 0. The van der Waals surface area contributed by atoms with Crippen LogP contribution in [-0.4, -0.2) is 35.4 Å². The Morgan fingerprint density at radius 2 is 1.91 bits per heavy atom. The Morgan fingerprint density at radius 3 is 2.71 bits per heavy atom. The molecule has 3 heterocycles. The number of nitrogens with one attached hydrogen (secondary N) is 1. The van der Waals surface area contributed by atoms with Crippen molar-refractivity contribution in [2.75, 3.05) is 25.5 Å². The van der Waals surface area contributed by atoms with Gasteiger partial charge in [-0.15, -0.1) is 11.3 Å². The predicted molar refractivity (Wildman–Crippen MR) is 134 cm³/mol. The topological polar surface area (TPSA) is 115 Å². The zero-order valence-electron chi connectivity index (χ0n) is 18.9. The fourth-order valence-corrected chi connectivity index (χ4v) is 4.82. The lowest BCUT2D eigenvalue weighted by Crippen LogP contribution is -2.23. The highest BCUT2D eigenvalue weighted by molar-refractivity contribution is 7.17. The van der Waals surface area contributed by atoms with Crippen LogP contribution in [0.25, 0.3) is 16.1 Å². The van der Waals surface area contributed by atoms with Gasteiger partial charge < -0.3 is 20.5 Å². The van der Waals surface area contributed by atoms with Gasteiger partial charge in [-0.1, -0.05) is 18.2 Å². The molecule has 0 fully saturated rings. The molecule has 0 radical (unpaired) electrons. The minimum absolute atomic E-state index is 0.131. The van der Waals surface area contributed by atoms with E-state index in [0.717, 1.165) is 27.6 Å². The molecular formula is C26H23N5O3S. The van der Waals surface area contributed by atoms with Gasteiger partial charge in [-0.05, 0) is 60.9 Å². The summed E-state index contributed by atoms with van der Waals surface area (Å²) < 4.78 is 12.8. The van der Waals surface area contributed by atoms with E-state index >= 15 is 0 Å². The number of amides is 1. The number of rotatable bonds is 7. The summed E-state index contributed by atoms with van der Waals surface area (Å²) in [5.41, 5.74) is 8.94. The molecule has 0 spiro atoms. The van der Waals surface area contributed by atoms with Crippen LogP contribution in [0.4, 0.5) is 5.82 Å². The average Bonchev–Trinajstić information content (AvgIpc) is 3.51. The molecule has 0 bridgehead atoms. The van der Waals surface area contributed by atoms with Gasteiger partial charge in [0.25, 0.3) is 5.91 Å². The first-order chi connectivity index (χ1) is 17.1. The number of aromatic nitrogens is 2. The molecule has 1 aliphatic rings. The summed E-state index contributed by atoms with van der Waals surface area (Å²) in [6, 6.07) is 21.2. The number of fused-ring (bicyclic) bond motifs is 1. The van der Waals surface area contributed by atoms with Crippen molar-refractivity contribution in [3.8, 4) is 33.7 Å². The summed E-state index contributed by atoms with van der Waals surface area (Å²) in [5, 5.41) is 17.0. The Kier molecular flexibility index (Phi) is 6.37. The number of aryl methyl sites for hydroxylation is 1. The summed E-state index contributed by atoms with van der Waals surface area (Å²) >= 11 is 1.42. The lowest BCUT2D eigenvalue weighted by atomic mass is 10.1. The highest BCUT2D eigenvalue weighted by Gasteiger charge is 2.17. The quantitative estimate of drug-likeness (QED) is 0.379. The normalized spacial score (nSPS) is 12.2. The number of hydrogen-bond acceptors (Lipinski definition) is 7. The minimum atomic E-state index is -0.131. The first-order valence-corrected chi connectivity index (χ1v) is 12.1. The van der Waals surface area contributed by atoms with Crippen LogP contribution in [0.1, 0.15) is 27.3 Å². The lowest BCUT2D eigenvalue weighted by Gasteiger charge is -2.18. The molecule has 0 atom stereocenters. The van der Waals surface area contributed by atoms with E-state index in [2.05, 4.69) is 16.5 Å². The number of nitrogen functional groups attached to an aromatic ring is 1. The molecule has 8 nitrogen and oxygen atoms in total. The van der Waals surface area contributed by atoms with Gasteiger partial charge in [0.15, 0.2) is 11.5 Å². The maximum atomic E-state index is 12.7. The molecule has 5 rings (SSSR count). The number of carbonyl (C=O) groups excluding carboxylic acids is 1. The number of ether oxygens (including phenoxy) is 2. The third-order valence-electron chi connectivity index (χ3n) is 5.64. The molecule has 0 aliphatic carbocycles. The molecular weight excluding hydrogens is 462 g/mol. The second-order valence-corrected chi connectivity index (χ2v) is 9.03. The number of nitriles is 1. The summed E-state index contributed by atoms with van der Waals surface area (Å²) in [4.78, 5) is 14.3. The number of nitrogens with two attached hydrogens (primary N) is 1. The molecule has 4 aromatic rings. The molecule has 1 aliphatic heterocycles. The molecule has 9 heteroatoms. The molecule has 0 saturated heterocycles. The molecule has 2 aromatic heterocycles. The van der Waals surface area contributed by atoms with Crippen molar-refractivity contribution < 1.29 is 14.3 Å². The van der Waals surface area contributed by atoms with Crippen LogP contribution < -0.4 is 20.5 Å². The van der Waals surface area contributed by atoms with Crippen molar-refractivity contribution in [3.05, 3.63) is 76.8 Å². The molecule has 0 unspecified atom stereocenters. The van der Waals surface area contributed by atoms with Gasteiger partial charge >= 0.3 is 0 Å². The Morgan fingerprint density at radius 1 is 1.11 bits per heavy atom. The van der Waals surface area contributed by atoms with Crippen LogP contribution in [0.15, 0.2) is 60.7 Å². The fourth-order valence-electron chi connectivity index (χ4n) is 3.90. The van der Waals surface area contributed by atoms with Gasteiger partial charge in [-0.3, -0.25) is 4.79 Å². The molecule has 176 valence electrons. The average molecular weight is 486 g/mol. The van der Waals surface area contributed by atoms with E-state index < -0.39 is 0 Å². The highest BCUT2D eigenvalue weighted by Crippen LogP contribution is 2.36. The Labute approximate surface area is 206 Å². The molecule has 35 heavy (non-hydrogen) atoms. The van der Waals surface area contributed by atoms with E-state index in [9.17, 15) is 10.1 Å². The van der Waals surface area contributed by atoms with E-state index in [-0.39, 0.29) is 5.91 Å². The standard InChI is InChI=1S/C26H23N5O3S/c27-16-19-20(30-31(25(19)28)18-5-2-1-3-6-18)7-4-12-29-26(32)24-11-10-23(35-24)17-8-9-21-22(15-17)34-14-13-33-21/h1-3,5-6,8-11,15H,4,7,12-14,28H2,(H,29,32). The maximum absolute atomic E-state index is 12.7. The van der Waals surface area contributed by atoms with Crippen LogP contribution in [0.2, 0.25) is 0 Å². The maximum Gasteiger partial charge on any atom is 0.261 e. The van der Waals surface area contributed by atoms with Crippen LogP contribution >= 0.6 is 11.3 Å². The zero-order valence-corrected chi connectivity index (χ0v) is 19.7. The van der Waals surface area contributed by atoms with E-state index in [1.165, 1.54) is 11.3 Å². The van der Waals surface area contributed by atoms with Gasteiger partial charge in [0.1, 0.15) is 30.7 Å². The Hall–Kier alpha value is -4.29. The van der Waals surface area contributed by atoms with Gasteiger partial charge in [-0.2, -0.15) is 10.4 Å². The van der Waals surface area contributed by atoms with E-state index in [1.54, 1.807) is 4.68 Å². The summed E-state index contributed by atoms with van der Waals surface area (Å²) in [5.74, 6) is 1.65. The van der Waals surface area contributed by atoms with Crippen LogP contribution in [0.3, 0.4) is 0 Å². The molecule has 0 saturated carbocycles. The third kappa shape index (κ3) is 4.69. The second kappa shape index (κ2) is 9.91. The number of nitrogens with zero attached hydrogens (tertiary/aromatic N) is 3. The molecule has 3 N–H and O–H groups in total.